The predicted molar refractivity (Wildman–Crippen MR) is 73.4 cm³/mol. The van der Waals surface area contributed by atoms with Crippen molar-refractivity contribution < 1.29 is 13.3 Å². The largest absolute Gasteiger partial charge is 0.337 e. The molecule has 0 radical (unpaired) electrons. The molecular formula is C15H17F2N3O. The Kier molecular flexibility index (Phi) is 3.49. The summed E-state index contributed by atoms with van der Waals surface area (Å²) in [7, 11) is 0. The summed E-state index contributed by atoms with van der Waals surface area (Å²) in [6.07, 6.45) is 2.17. The van der Waals surface area contributed by atoms with Crippen LogP contribution in [-0.4, -0.2) is 16.7 Å². The zero-order valence-electron chi connectivity index (χ0n) is 12.0. The SMILES string of the molecule is CC1(C)CCCNC1c1nc(-c2ccc(F)c(F)c2)no1. The van der Waals surface area contributed by atoms with Crippen LogP contribution in [0.25, 0.3) is 11.4 Å². The fraction of sp³-hybridized carbons (Fsp3) is 0.467. The van der Waals surface area contributed by atoms with Gasteiger partial charge in [0, 0.05) is 5.56 Å². The molecule has 1 fully saturated rings. The van der Waals surface area contributed by atoms with Crippen LogP contribution < -0.4 is 5.32 Å². The predicted octanol–water partition coefficient (Wildman–Crippen LogP) is 3.47. The number of piperidine rings is 1. The maximum Gasteiger partial charge on any atom is 0.244 e. The van der Waals surface area contributed by atoms with Crippen LogP contribution in [-0.2, 0) is 0 Å². The second-order valence-corrected chi connectivity index (χ2v) is 6.06. The molecule has 6 heteroatoms. The van der Waals surface area contributed by atoms with Crippen molar-refractivity contribution in [3.63, 3.8) is 0 Å². The van der Waals surface area contributed by atoms with Gasteiger partial charge in [-0.1, -0.05) is 19.0 Å². The molecule has 21 heavy (non-hydrogen) atoms. The maximum atomic E-state index is 13.3. The molecule has 4 nitrogen and oxygen atoms in total. The lowest BCUT2D eigenvalue weighted by Gasteiger charge is -2.36. The molecule has 0 amide bonds. The number of aromatic nitrogens is 2. The van der Waals surface area contributed by atoms with Gasteiger partial charge in [-0.2, -0.15) is 4.98 Å². The van der Waals surface area contributed by atoms with E-state index >= 15 is 0 Å². The van der Waals surface area contributed by atoms with Gasteiger partial charge in [0.2, 0.25) is 11.7 Å². The van der Waals surface area contributed by atoms with Crippen LogP contribution in [0.15, 0.2) is 22.7 Å². The van der Waals surface area contributed by atoms with E-state index in [1.165, 1.54) is 6.07 Å². The molecule has 1 aliphatic heterocycles. The molecule has 0 aliphatic carbocycles. The van der Waals surface area contributed by atoms with Crippen molar-refractivity contribution in [3.8, 4) is 11.4 Å². The summed E-state index contributed by atoms with van der Waals surface area (Å²) in [6, 6.07) is 3.54. The zero-order valence-corrected chi connectivity index (χ0v) is 12.0. The van der Waals surface area contributed by atoms with Gasteiger partial charge >= 0.3 is 0 Å². The van der Waals surface area contributed by atoms with Gasteiger partial charge < -0.3 is 9.84 Å². The molecule has 1 aromatic carbocycles. The van der Waals surface area contributed by atoms with E-state index in [4.69, 9.17) is 4.52 Å². The van der Waals surface area contributed by atoms with Gasteiger partial charge in [-0.15, -0.1) is 0 Å². The first-order chi connectivity index (χ1) is 9.97. The molecule has 1 aliphatic rings. The Balaban J connectivity index is 1.90. The monoisotopic (exact) mass is 293 g/mol. The van der Waals surface area contributed by atoms with Crippen LogP contribution in [0, 0.1) is 17.0 Å². The number of nitrogens with zero attached hydrogens (tertiary/aromatic N) is 2. The highest BCUT2D eigenvalue weighted by molar-refractivity contribution is 5.54. The second kappa shape index (κ2) is 5.18. The number of hydrogen-bond donors (Lipinski definition) is 1. The number of nitrogens with one attached hydrogen (secondary N) is 1. The highest BCUT2D eigenvalue weighted by Gasteiger charge is 2.37. The highest BCUT2D eigenvalue weighted by atomic mass is 19.2. The van der Waals surface area contributed by atoms with Gasteiger partial charge in [-0.25, -0.2) is 8.78 Å². The van der Waals surface area contributed by atoms with E-state index in [0.717, 1.165) is 31.5 Å². The molecule has 1 N–H and O–H groups in total. The lowest BCUT2D eigenvalue weighted by molar-refractivity contribution is 0.146. The molecule has 3 rings (SSSR count). The molecule has 0 bridgehead atoms. The third-order valence-corrected chi connectivity index (χ3v) is 3.99. The van der Waals surface area contributed by atoms with Gasteiger partial charge in [0.05, 0.1) is 6.04 Å². The Hall–Kier alpha value is -1.82. The first-order valence-corrected chi connectivity index (χ1v) is 7.00. The molecule has 1 aromatic heterocycles. The van der Waals surface area contributed by atoms with E-state index in [0.29, 0.717) is 11.5 Å². The average molecular weight is 293 g/mol. The summed E-state index contributed by atoms with van der Waals surface area (Å²) in [5, 5.41) is 7.26. The maximum absolute atomic E-state index is 13.3. The van der Waals surface area contributed by atoms with Crippen molar-refractivity contribution in [2.75, 3.05) is 6.54 Å². The van der Waals surface area contributed by atoms with Gasteiger partial charge in [-0.3, -0.25) is 0 Å². The third-order valence-electron chi connectivity index (χ3n) is 3.99. The summed E-state index contributed by atoms with van der Waals surface area (Å²) in [5.74, 6) is -1.06. The molecular weight excluding hydrogens is 276 g/mol. The van der Waals surface area contributed by atoms with Crippen molar-refractivity contribution in [1.82, 2.24) is 15.5 Å². The number of hydrogen-bond acceptors (Lipinski definition) is 4. The van der Waals surface area contributed by atoms with Crippen LogP contribution >= 0.6 is 0 Å². The van der Waals surface area contributed by atoms with Crippen molar-refractivity contribution in [2.24, 2.45) is 5.41 Å². The Labute approximate surface area is 121 Å². The smallest absolute Gasteiger partial charge is 0.244 e. The normalized spacial score (nSPS) is 21.4. The number of benzene rings is 1. The Morgan fingerprint density at radius 1 is 1.29 bits per heavy atom. The molecule has 0 saturated carbocycles. The molecule has 2 aromatic rings. The summed E-state index contributed by atoms with van der Waals surface area (Å²) in [4.78, 5) is 4.34. The standard InChI is InChI=1S/C15H17F2N3O/c1-15(2)6-3-7-18-12(15)14-19-13(20-21-14)9-4-5-10(16)11(17)8-9/h4-5,8,12,18H,3,6-7H2,1-2H3. The van der Waals surface area contributed by atoms with E-state index in [1.807, 2.05) is 0 Å². The van der Waals surface area contributed by atoms with E-state index < -0.39 is 11.6 Å². The lowest BCUT2D eigenvalue weighted by atomic mass is 9.77. The fourth-order valence-corrected chi connectivity index (χ4v) is 2.74. The van der Waals surface area contributed by atoms with Crippen molar-refractivity contribution in [3.05, 3.63) is 35.7 Å². The van der Waals surface area contributed by atoms with Crippen molar-refractivity contribution in [2.45, 2.75) is 32.7 Å². The quantitative estimate of drug-likeness (QED) is 0.921. The molecule has 0 spiro atoms. The second-order valence-electron chi connectivity index (χ2n) is 6.06. The van der Waals surface area contributed by atoms with E-state index in [2.05, 4.69) is 29.3 Å². The Morgan fingerprint density at radius 3 is 2.81 bits per heavy atom. The Bertz CT molecular complexity index is 654. The number of halogens is 2. The Morgan fingerprint density at radius 2 is 2.10 bits per heavy atom. The minimum Gasteiger partial charge on any atom is -0.337 e. The summed E-state index contributed by atoms with van der Waals surface area (Å²) in [5.41, 5.74) is 0.410. The first-order valence-electron chi connectivity index (χ1n) is 7.00. The molecule has 1 saturated heterocycles. The highest BCUT2D eigenvalue weighted by Crippen LogP contribution is 2.39. The molecule has 1 atom stereocenters. The topological polar surface area (TPSA) is 51.0 Å². The summed E-state index contributed by atoms with van der Waals surface area (Å²) < 4.78 is 31.6. The van der Waals surface area contributed by atoms with E-state index in [9.17, 15) is 8.78 Å². The first kappa shape index (κ1) is 14.1. The minimum atomic E-state index is -0.921. The van der Waals surface area contributed by atoms with Crippen LogP contribution in [0.1, 0.15) is 38.6 Å². The zero-order chi connectivity index (χ0) is 15.0. The van der Waals surface area contributed by atoms with Crippen molar-refractivity contribution in [1.29, 1.82) is 0 Å². The van der Waals surface area contributed by atoms with Gasteiger partial charge in [0.1, 0.15) is 0 Å². The van der Waals surface area contributed by atoms with Gasteiger partial charge in [0.25, 0.3) is 0 Å². The molecule has 1 unspecified atom stereocenters. The third kappa shape index (κ3) is 2.68. The van der Waals surface area contributed by atoms with E-state index in [1.54, 1.807) is 0 Å². The van der Waals surface area contributed by atoms with Crippen LogP contribution in [0.5, 0.6) is 0 Å². The van der Waals surface area contributed by atoms with Gasteiger partial charge in [0.15, 0.2) is 11.6 Å². The van der Waals surface area contributed by atoms with Crippen molar-refractivity contribution >= 4 is 0 Å². The average Bonchev–Trinajstić information content (AvgIpc) is 2.91. The summed E-state index contributed by atoms with van der Waals surface area (Å²) >= 11 is 0. The van der Waals surface area contributed by atoms with E-state index in [-0.39, 0.29) is 17.3 Å². The van der Waals surface area contributed by atoms with Crippen LogP contribution in [0.2, 0.25) is 0 Å². The fourth-order valence-electron chi connectivity index (χ4n) is 2.74. The van der Waals surface area contributed by atoms with Crippen LogP contribution in [0.3, 0.4) is 0 Å². The minimum absolute atomic E-state index is 0.0100. The summed E-state index contributed by atoms with van der Waals surface area (Å²) in [6.45, 7) is 5.19. The molecule has 2 heterocycles. The van der Waals surface area contributed by atoms with Gasteiger partial charge in [-0.05, 0) is 43.0 Å². The lowest BCUT2D eigenvalue weighted by Crippen LogP contribution is -2.39. The van der Waals surface area contributed by atoms with Crippen LogP contribution in [0.4, 0.5) is 8.78 Å². The number of rotatable bonds is 2. The molecule has 112 valence electrons.